The standard InChI is InChI=1S/C12H14N2.I2/c1-13-7-3-11(4-8-13)12-5-9-14(2)10-6-12;1-2/h3-10H,1-2H3;/q+2;. The molecule has 2 rings (SSSR count). The number of halogens is 2. The van der Waals surface area contributed by atoms with Crippen LogP contribution in [-0.2, 0) is 14.1 Å². The number of pyridine rings is 2. The molecule has 2 nitrogen and oxygen atoms in total. The van der Waals surface area contributed by atoms with Crippen molar-refractivity contribution in [2.24, 2.45) is 14.1 Å². The van der Waals surface area contributed by atoms with Crippen LogP contribution in [0, 0.1) is 0 Å². The quantitative estimate of drug-likeness (QED) is 0.477. The fourth-order valence-electron chi connectivity index (χ4n) is 1.39. The van der Waals surface area contributed by atoms with Crippen LogP contribution in [0.1, 0.15) is 0 Å². The van der Waals surface area contributed by atoms with Crippen molar-refractivity contribution in [3.63, 3.8) is 0 Å². The summed E-state index contributed by atoms with van der Waals surface area (Å²) >= 11 is 4.24. The average Bonchev–Trinajstić information content (AvgIpc) is 2.34. The molecule has 0 saturated carbocycles. The van der Waals surface area contributed by atoms with Crippen molar-refractivity contribution in [2.75, 3.05) is 0 Å². The summed E-state index contributed by atoms with van der Waals surface area (Å²) in [6.45, 7) is 0. The van der Waals surface area contributed by atoms with Crippen molar-refractivity contribution >= 4 is 37.2 Å². The Kier molecular flexibility index (Phi) is 6.18. The van der Waals surface area contributed by atoms with Crippen molar-refractivity contribution < 1.29 is 9.13 Å². The van der Waals surface area contributed by atoms with Crippen LogP contribution in [-0.4, -0.2) is 0 Å². The Hall–Kier alpha value is -0.240. The molecule has 0 unspecified atom stereocenters. The molecule has 4 heteroatoms. The lowest BCUT2D eigenvalue weighted by atomic mass is 10.1. The minimum Gasteiger partial charge on any atom is -0.208 e. The summed E-state index contributed by atoms with van der Waals surface area (Å²) in [7, 11) is 4.05. The third kappa shape index (κ3) is 3.97. The van der Waals surface area contributed by atoms with Crippen molar-refractivity contribution in [1.29, 1.82) is 0 Å². The minimum atomic E-state index is 1.25. The van der Waals surface area contributed by atoms with Crippen molar-refractivity contribution in [2.45, 2.75) is 0 Å². The van der Waals surface area contributed by atoms with Crippen molar-refractivity contribution in [3.05, 3.63) is 49.1 Å². The Morgan fingerprint density at radius 2 is 0.938 bits per heavy atom. The first-order chi connectivity index (χ1) is 7.75. The highest BCUT2D eigenvalue weighted by atomic mass is 128. The first-order valence-corrected chi connectivity index (χ1v) is 11.1. The topological polar surface area (TPSA) is 7.76 Å². The zero-order valence-corrected chi connectivity index (χ0v) is 13.6. The van der Waals surface area contributed by atoms with E-state index in [1.165, 1.54) is 11.1 Å². The van der Waals surface area contributed by atoms with Gasteiger partial charge in [-0.1, -0.05) is 0 Å². The molecule has 0 N–H and O–H groups in total. The van der Waals surface area contributed by atoms with Gasteiger partial charge < -0.3 is 0 Å². The lowest BCUT2D eigenvalue weighted by molar-refractivity contribution is -0.671. The highest BCUT2D eigenvalue weighted by Gasteiger charge is 2.00. The average molecular weight is 440 g/mol. The van der Waals surface area contributed by atoms with E-state index in [-0.39, 0.29) is 0 Å². The molecule has 0 aromatic carbocycles. The molecule has 0 fully saturated rings. The van der Waals surface area contributed by atoms with Gasteiger partial charge in [0.15, 0.2) is 24.8 Å². The minimum absolute atomic E-state index is 1.25. The Bertz CT molecular complexity index is 380. The van der Waals surface area contributed by atoms with Crippen LogP contribution in [0.4, 0.5) is 0 Å². The Morgan fingerprint density at radius 3 is 1.19 bits per heavy atom. The molecule has 2 aromatic heterocycles. The van der Waals surface area contributed by atoms with Crippen molar-refractivity contribution in [1.82, 2.24) is 0 Å². The monoisotopic (exact) mass is 440 g/mol. The summed E-state index contributed by atoms with van der Waals surface area (Å²) in [5.74, 6) is 0. The molecule has 16 heavy (non-hydrogen) atoms. The molecule has 2 aromatic rings. The maximum absolute atomic E-state index is 2.12. The fraction of sp³-hybridized carbons (Fsp3) is 0.167. The molecule has 84 valence electrons. The highest BCUT2D eigenvalue weighted by molar-refractivity contribution is 15.0. The number of aromatic nitrogens is 2. The first kappa shape index (κ1) is 13.8. The predicted octanol–water partition coefficient (Wildman–Crippen LogP) is 2.77. The second kappa shape index (κ2) is 7.16. The maximum atomic E-state index is 2.12. The smallest absolute Gasteiger partial charge is 0.169 e. The third-order valence-corrected chi connectivity index (χ3v) is 2.29. The summed E-state index contributed by atoms with van der Waals surface area (Å²) < 4.78 is 4.07. The largest absolute Gasteiger partial charge is 0.208 e. The molecule has 0 bridgehead atoms. The number of hydrogen-bond acceptors (Lipinski definition) is 0. The molecule has 0 amide bonds. The van der Waals surface area contributed by atoms with Gasteiger partial charge in [-0.05, 0) is 11.1 Å². The van der Waals surface area contributed by atoms with Gasteiger partial charge in [0.25, 0.3) is 0 Å². The lowest BCUT2D eigenvalue weighted by Gasteiger charge is -1.97. The van der Waals surface area contributed by atoms with Crippen LogP contribution in [0.2, 0.25) is 0 Å². The molecule has 2 heterocycles. The van der Waals surface area contributed by atoms with E-state index in [1.54, 1.807) is 0 Å². The molecule has 0 radical (unpaired) electrons. The predicted molar refractivity (Wildman–Crippen MR) is 82.3 cm³/mol. The number of aryl methyl sites for hydroxylation is 2. The summed E-state index contributed by atoms with van der Waals surface area (Å²) in [5, 5.41) is 0. The van der Waals surface area contributed by atoms with Crippen LogP contribution in [0.3, 0.4) is 0 Å². The summed E-state index contributed by atoms with van der Waals surface area (Å²) in [6, 6.07) is 8.48. The van der Waals surface area contributed by atoms with Crippen LogP contribution in [0.5, 0.6) is 0 Å². The molecular weight excluding hydrogens is 426 g/mol. The van der Waals surface area contributed by atoms with Gasteiger partial charge >= 0.3 is 0 Å². The first-order valence-electron chi connectivity index (χ1n) is 4.81. The van der Waals surface area contributed by atoms with Gasteiger partial charge in [-0.15, -0.1) is 0 Å². The molecule has 0 spiro atoms. The lowest BCUT2D eigenvalue weighted by Crippen LogP contribution is -2.26. The SMILES string of the molecule is C[n+]1ccc(-c2cc[n+](C)cc2)cc1.II. The molecule has 0 atom stereocenters. The van der Waals surface area contributed by atoms with Gasteiger partial charge in [-0.2, -0.15) is 0 Å². The van der Waals surface area contributed by atoms with E-state index in [2.05, 4.69) is 86.3 Å². The third-order valence-electron chi connectivity index (χ3n) is 2.29. The second-order valence-corrected chi connectivity index (χ2v) is 3.50. The van der Waals surface area contributed by atoms with E-state index in [0.717, 1.165) is 0 Å². The fourth-order valence-corrected chi connectivity index (χ4v) is 1.39. The molecule has 0 saturated heterocycles. The van der Waals surface area contributed by atoms with E-state index in [0.29, 0.717) is 0 Å². The number of nitrogens with zero attached hydrogens (tertiary/aromatic N) is 2. The van der Waals surface area contributed by atoms with Gasteiger partial charge in [0.05, 0.1) is 0 Å². The van der Waals surface area contributed by atoms with Crippen molar-refractivity contribution in [3.8, 4) is 11.1 Å². The van der Waals surface area contributed by atoms with Gasteiger partial charge in [0, 0.05) is 61.5 Å². The second-order valence-electron chi connectivity index (χ2n) is 3.50. The zero-order valence-electron chi connectivity index (χ0n) is 9.27. The maximum Gasteiger partial charge on any atom is 0.169 e. The Balaban J connectivity index is 0.000000606. The van der Waals surface area contributed by atoms with E-state index in [9.17, 15) is 0 Å². The van der Waals surface area contributed by atoms with E-state index in [1.807, 2.05) is 23.2 Å². The van der Waals surface area contributed by atoms with E-state index in [4.69, 9.17) is 0 Å². The van der Waals surface area contributed by atoms with Crippen LogP contribution in [0.25, 0.3) is 11.1 Å². The Labute approximate surface area is 120 Å². The van der Waals surface area contributed by atoms with Crippen LogP contribution in [0.15, 0.2) is 49.1 Å². The summed E-state index contributed by atoms with van der Waals surface area (Å²) in [5.41, 5.74) is 2.51. The van der Waals surface area contributed by atoms with E-state index < -0.39 is 0 Å². The van der Waals surface area contributed by atoms with Gasteiger partial charge in [0.1, 0.15) is 14.1 Å². The summed E-state index contributed by atoms with van der Waals surface area (Å²) in [4.78, 5) is 0. The van der Waals surface area contributed by atoms with E-state index >= 15 is 0 Å². The van der Waals surface area contributed by atoms with Gasteiger partial charge in [-0.25, -0.2) is 9.13 Å². The number of rotatable bonds is 1. The van der Waals surface area contributed by atoms with Gasteiger partial charge in [0.2, 0.25) is 0 Å². The molecular formula is C12H14I2N2+2. The Morgan fingerprint density at radius 1 is 0.688 bits per heavy atom. The van der Waals surface area contributed by atoms with Crippen LogP contribution >= 0.6 is 37.2 Å². The number of hydrogen-bond donors (Lipinski definition) is 0. The molecule has 0 aliphatic heterocycles. The highest BCUT2D eigenvalue weighted by Crippen LogP contribution is 2.14. The molecule has 0 aliphatic rings. The normalized spacial score (nSPS) is 9.25. The summed E-state index contributed by atoms with van der Waals surface area (Å²) in [6.07, 6.45) is 8.23. The zero-order chi connectivity index (χ0) is 12.0. The van der Waals surface area contributed by atoms with Gasteiger partial charge in [-0.3, -0.25) is 0 Å². The molecule has 0 aliphatic carbocycles. The van der Waals surface area contributed by atoms with Crippen LogP contribution < -0.4 is 9.13 Å².